The minimum Gasteiger partial charge on any atom is -0.493 e. The van der Waals surface area contributed by atoms with Gasteiger partial charge in [0.15, 0.2) is 16.7 Å². The smallest absolute Gasteiger partial charge is 0.338 e. The monoisotopic (exact) mass is 483 g/mol. The van der Waals surface area contributed by atoms with Crippen LogP contribution in [0.5, 0.6) is 11.5 Å². The third kappa shape index (κ3) is 4.44. The Balaban J connectivity index is 1.79. The van der Waals surface area contributed by atoms with Gasteiger partial charge < -0.3 is 24.0 Å². The Bertz CT molecular complexity index is 1090. The molecule has 0 aromatic heterocycles. The Hall–Kier alpha value is -3.20. The molecule has 180 valence electrons. The molecule has 0 radical (unpaired) electrons. The van der Waals surface area contributed by atoms with E-state index >= 15 is 0 Å². The van der Waals surface area contributed by atoms with E-state index in [-0.39, 0.29) is 18.9 Å². The Morgan fingerprint density at radius 2 is 2.00 bits per heavy atom. The first kappa shape index (κ1) is 23.9. The lowest BCUT2D eigenvalue weighted by atomic mass is 9.92. The van der Waals surface area contributed by atoms with Gasteiger partial charge in [-0.3, -0.25) is 4.79 Å². The molecular weight excluding hydrogens is 454 g/mol. The number of aliphatic imine (C=N–C) groups is 1. The molecule has 1 saturated heterocycles. The highest BCUT2D eigenvalue weighted by Gasteiger charge is 2.43. The largest absolute Gasteiger partial charge is 0.493 e. The number of carbonyl (C=O) groups is 2. The molecule has 3 aliphatic rings. The van der Waals surface area contributed by atoms with E-state index in [1.807, 2.05) is 27.3 Å². The summed E-state index contributed by atoms with van der Waals surface area (Å²) in [6.45, 7) is 7.08. The van der Waals surface area contributed by atoms with E-state index < -0.39 is 12.0 Å². The van der Waals surface area contributed by atoms with Crippen LogP contribution in [0.2, 0.25) is 0 Å². The van der Waals surface area contributed by atoms with Gasteiger partial charge in [-0.05, 0) is 31.2 Å². The molecule has 3 aliphatic heterocycles. The second-order valence-corrected chi connectivity index (χ2v) is 8.96. The Morgan fingerprint density at radius 1 is 1.24 bits per heavy atom. The number of likely N-dealkylation sites (tertiary alicyclic amines) is 1. The summed E-state index contributed by atoms with van der Waals surface area (Å²) in [5.74, 6) is 0.646. The van der Waals surface area contributed by atoms with Crippen LogP contribution in [0.25, 0.3) is 0 Å². The van der Waals surface area contributed by atoms with Crippen LogP contribution < -0.4 is 9.47 Å². The molecule has 1 aromatic rings. The maximum Gasteiger partial charge on any atom is 0.338 e. The molecule has 8 nitrogen and oxygen atoms in total. The minimum atomic E-state index is -0.595. The van der Waals surface area contributed by atoms with Crippen LogP contribution in [-0.4, -0.2) is 60.8 Å². The Kier molecular flexibility index (Phi) is 7.31. The van der Waals surface area contributed by atoms with Crippen molar-refractivity contribution in [1.82, 2.24) is 9.80 Å². The molecule has 1 amide bonds. The summed E-state index contributed by atoms with van der Waals surface area (Å²) in [6.07, 6.45) is 3.81. The lowest BCUT2D eigenvalue weighted by molar-refractivity contribution is -0.138. The van der Waals surface area contributed by atoms with Crippen LogP contribution in [0.3, 0.4) is 0 Å². The molecule has 1 fully saturated rings. The van der Waals surface area contributed by atoms with E-state index in [1.165, 1.54) is 17.8 Å². The van der Waals surface area contributed by atoms with E-state index in [9.17, 15) is 9.59 Å². The number of fused-ring (bicyclic) bond motifs is 1. The van der Waals surface area contributed by atoms with Gasteiger partial charge in [0.2, 0.25) is 5.91 Å². The number of carbonyl (C=O) groups excluding carboxylic acids is 2. The molecular formula is C25H29N3O5S. The second kappa shape index (κ2) is 10.4. The van der Waals surface area contributed by atoms with Crippen LogP contribution in [0, 0.1) is 0 Å². The van der Waals surface area contributed by atoms with Crippen LogP contribution >= 0.6 is 11.8 Å². The first-order valence-corrected chi connectivity index (χ1v) is 12.1. The average molecular weight is 484 g/mol. The highest BCUT2D eigenvalue weighted by Crippen LogP contribution is 2.48. The third-order valence-electron chi connectivity index (χ3n) is 6.07. The predicted molar refractivity (Wildman–Crippen MR) is 132 cm³/mol. The molecule has 4 rings (SSSR count). The highest BCUT2D eigenvalue weighted by molar-refractivity contribution is 8.16. The fourth-order valence-corrected chi connectivity index (χ4v) is 5.46. The summed E-state index contributed by atoms with van der Waals surface area (Å²) in [5.41, 5.74) is 2.46. The van der Waals surface area contributed by atoms with Crippen molar-refractivity contribution in [2.75, 3.05) is 33.9 Å². The van der Waals surface area contributed by atoms with Gasteiger partial charge in [-0.1, -0.05) is 36.5 Å². The maximum absolute atomic E-state index is 13.2. The van der Waals surface area contributed by atoms with E-state index in [2.05, 4.69) is 6.58 Å². The molecule has 0 N–H and O–H groups in total. The third-order valence-corrected chi connectivity index (χ3v) is 6.96. The number of nitrogens with zero attached hydrogens (tertiary/aromatic N) is 3. The zero-order chi connectivity index (χ0) is 24.2. The van der Waals surface area contributed by atoms with Gasteiger partial charge in [0.25, 0.3) is 0 Å². The van der Waals surface area contributed by atoms with Gasteiger partial charge in [-0.15, -0.1) is 0 Å². The normalized spacial score (nSPS) is 19.4. The quantitative estimate of drug-likeness (QED) is 0.408. The number of thioether (sulfide) groups is 1. The van der Waals surface area contributed by atoms with Crippen LogP contribution in [0.15, 0.2) is 58.2 Å². The number of amidine groups is 1. The van der Waals surface area contributed by atoms with E-state index in [0.29, 0.717) is 27.9 Å². The number of esters is 1. The fraction of sp³-hybridized carbons (Fsp3) is 0.400. The van der Waals surface area contributed by atoms with E-state index in [4.69, 9.17) is 19.2 Å². The molecule has 0 bridgehead atoms. The highest BCUT2D eigenvalue weighted by atomic mass is 32.2. The van der Waals surface area contributed by atoms with Crippen LogP contribution in [-0.2, 0) is 14.3 Å². The number of ether oxygens (including phenoxy) is 3. The van der Waals surface area contributed by atoms with Gasteiger partial charge in [0, 0.05) is 24.4 Å². The average Bonchev–Trinajstić information content (AvgIpc) is 3.51. The van der Waals surface area contributed by atoms with Gasteiger partial charge >= 0.3 is 5.97 Å². The number of para-hydroxylation sites is 1. The molecule has 1 aromatic carbocycles. The van der Waals surface area contributed by atoms with Crippen molar-refractivity contribution in [2.45, 2.75) is 32.2 Å². The van der Waals surface area contributed by atoms with Gasteiger partial charge in [0.1, 0.15) is 6.61 Å². The standard InChI is InChI=1S/C25H29N3O5S/c1-5-13-33-24(30)21-16(2)26-25-28(17(15-34-25)14-20(29)27-11-6-7-12-27)22(21)18-9-8-10-19(31-3)23(18)32-4/h5,8-10,15,22H,1,6-7,11-14H2,2-4H3. The molecule has 9 heteroatoms. The van der Waals surface area contributed by atoms with Gasteiger partial charge in [-0.25, -0.2) is 9.79 Å². The Labute approximate surface area is 203 Å². The van der Waals surface area contributed by atoms with E-state index in [1.54, 1.807) is 27.2 Å². The summed E-state index contributed by atoms with van der Waals surface area (Å²) in [7, 11) is 3.14. The van der Waals surface area contributed by atoms with Gasteiger partial charge in [-0.2, -0.15) is 0 Å². The molecule has 0 spiro atoms. The fourth-order valence-electron chi connectivity index (χ4n) is 4.50. The van der Waals surface area contributed by atoms with Crippen molar-refractivity contribution in [2.24, 2.45) is 4.99 Å². The lowest BCUT2D eigenvalue weighted by Crippen LogP contribution is -2.38. The minimum absolute atomic E-state index is 0.0732. The number of benzene rings is 1. The molecule has 3 heterocycles. The summed E-state index contributed by atoms with van der Waals surface area (Å²) < 4.78 is 16.7. The van der Waals surface area contributed by atoms with Gasteiger partial charge in [0.05, 0.1) is 38.0 Å². The van der Waals surface area contributed by atoms with Crippen molar-refractivity contribution in [3.05, 3.63) is 58.8 Å². The summed E-state index contributed by atoms with van der Waals surface area (Å²) in [4.78, 5) is 34.8. The zero-order valence-electron chi connectivity index (χ0n) is 19.7. The lowest BCUT2D eigenvalue weighted by Gasteiger charge is -2.37. The van der Waals surface area contributed by atoms with Crippen molar-refractivity contribution < 1.29 is 23.8 Å². The van der Waals surface area contributed by atoms with Crippen molar-refractivity contribution >= 4 is 28.8 Å². The number of methoxy groups -OCH3 is 2. The molecule has 0 aliphatic carbocycles. The molecule has 0 saturated carbocycles. The maximum atomic E-state index is 13.2. The first-order valence-electron chi connectivity index (χ1n) is 11.2. The zero-order valence-corrected chi connectivity index (χ0v) is 20.5. The Morgan fingerprint density at radius 3 is 2.68 bits per heavy atom. The van der Waals surface area contributed by atoms with Crippen LogP contribution in [0.4, 0.5) is 0 Å². The summed E-state index contributed by atoms with van der Waals surface area (Å²) >= 11 is 1.44. The molecule has 1 atom stereocenters. The second-order valence-electron chi connectivity index (χ2n) is 8.13. The van der Waals surface area contributed by atoms with Crippen molar-refractivity contribution in [3.63, 3.8) is 0 Å². The predicted octanol–water partition coefficient (Wildman–Crippen LogP) is 4.02. The summed E-state index contributed by atoms with van der Waals surface area (Å²) in [6, 6.07) is 4.96. The van der Waals surface area contributed by atoms with E-state index in [0.717, 1.165) is 37.2 Å². The SMILES string of the molecule is C=CCOC(=O)C1=C(C)N=C2SC=C(CC(=O)N3CCCC3)N2C1c1cccc(OC)c1OC. The van der Waals surface area contributed by atoms with Crippen LogP contribution in [0.1, 0.15) is 37.8 Å². The number of hydrogen-bond donors (Lipinski definition) is 0. The first-order chi connectivity index (χ1) is 16.5. The number of allylic oxidation sites excluding steroid dienone is 1. The molecule has 34 heavy (non-hydrogen) atoms. The summed E-state index contributed by atoms with van der Waals surface area (Å²) in [5, 5.41) is 2.65. The van der Waals surface area contributed by atoms with Crippen molar-refractivity contribution in [3.8, 4) is 11.5 Å². The topological polar surface area (TPSA) is 80.7 Å². The number of amides is 1. The molecule has 1 unspecified atom stereocenters. The van der Waals surface area contributed by atoms with Crippen molar-refractivity contribution in [1.29, 1.82) is 0 Å². The number of rotatable bonds is 8. The number of hydrogen-bond acceptors (Lipinski definition) is 8.